The van der Waals surface area contributed by atoms with Crippen molar-refractivity contribution in [2.24, 2.45) is 0 Å². The Balaban J connectivity index is 1.49. The Hall–Kier alpha value is -3.36. The number of carbonyl (C=O) groups is 1. The molecule has 0 radical (unpaired) electrons. The first kappa shape index (κ1) is 15.2. The molecule has 9 nitrogen and oxygen atoms in total. The predicted octanol–water partition coefficient (Wildman–Crippen LogP) is 0.0329. The van der Waals surface area contributed by atoms with Crippen LogP contribution in [0.5, 0.6) is 0 Å². The van der Waals surface area contributed by atoms with Crippen LogP contribution < -0.4 is 10.9 Å². The first-order valence-electron chi connectivity index (χ1n) is 7.91. The van der Waals surface area contributed by atoms with E-state index in [0.717, 1.165) is 24.1 Å². The molecule has 0 bridgehead atoms. The van der Waals surface area contributed by atoms with E-state index in [4.69, 9.17) is 0 Å². The molecule has 1 amide bonds. The molecule has 0 fully saturated rings. The molecular weight excluding hydrogens is 322 g/mol. The van der Waals surface area contributed by atoms with Crippen LogP contribution in [0.1, 0.15) is 28.0 Å². The summed E-state index contributed by atoms with van der Waals surface area (Å²) in [4.78, 5) is 24.0. The van der Waals surface area contributed by atoms with Crippen LogP contribution >= 0.6 is 0 Å². The number of H-pyrrole nitrogens is 1. The molecule has 1 aliphatic rings. The zero-order valence-electron chi connectivity index (χ0n) is 13.2. The second-order valence-electron chi connectivity index (χ2n) is 5.92. The van der Waals surface area contributed by atoms with Crippen LogP contribution in [0, 0.1) is 0 Å². The largest absolute Gasteiger partial charge is 0.349 e. The van der Waals surface area contributed by atoms with Crippen LogP contribution in [0.2, 0.25) is 0 Å². The van der Waals surface area contributed by atoms with Gasteiger partial charge in [0, 0.05) is 17.7 Å². The molecule has 0 saturated heterocycles. The highest BCUT2D eigenvalue weighted by Crippen LogP contribution is 2.18. The minimum atomic E-state index is -0.222. The van der Waals surface area contributed by atoms with Crippen LogP contribution in [0.15, 0.2) is 41.5 Å². The molecule has 1 unspecified atom stereocenters. The summed E-state index contributed by atoms with van der Waals surface area (Å²) in [6.07, 6.45) is 3.58. The Kier molecular flexibility index (Phi) is 3.81. The fraction of sp³-hybridized carbons (Fsp3) is 0.250. The SMILES string of the molecule is O=C(NC1CCc2n[nH]c(=O)cc2C1)c1cccc(-n2cnnn2)c1. The third-order valence-electron chi connectivity index (χ3n) is 4.23. The summed E-state index contributed by atoms with van der Waals surface area (Å²) < 4.78 is 1.49. The maximum Gasteiger partial charge on any atom is 0.264 e. The highest BCUT2D eigenvalue weighted by atomic mass is 16.1. The molecule has 2 aromatic heterocycles. The van der Waals surface area contributed by atoms with E-state index < -0.39 is 0 Å². The molecule has 2 N–H and O–H groups in total. The number of nitrogens with one attached hydrogen (secondary N) is 2. The summed E-state index contributed by atoms with van der Waals surface area (Å²) in [6, 6.07) is 8.60. The van der Waals surface area contributed by atoms with E-state index >= 15 is 0 Å². The number of nitrogens with zero attached hydrogens (tertiary/aromatic N) is 5. The van der Waals surface area contributed by atoms with Crippen molar-refractivity contribution in [3.63, 3.8) is 0 Å². The first-order chi connectivity index (χ1) is 12.2. The lowest BCUT2D eigenvalue weighted by atomic mass is 9.92. The van der Waals surface area contributed by atoms with Gasteiger partial charge in [0.1, 0.15) is 6.33 Å². The number of aryl methyl sites for hydroxylation is 1. The van der Waals surface area contributed by atoms with Crippen molar-refractivity contribution in [1.82, 2.24) is 35.7 Å². The van der Waals surface area contributed by atoms with Crippen LogP contribution in [0.25, 0.3) is 5.69 Å². The first-order valence-corrected chi connectivity index (χ1v) is 7.91. The van der Waals surface area contributed by atoms with Gasteiger partial charge in [-0.1, -0.05) is 6.07 Å². The van der Waals surface area contributed by atoms with E-state index in [1.54, 1.807) is 24.3 Å². The van der Waals surface area contributed by atoms with Crippen molar-refractivity contribution in [3.05, 3.63) is 63.8 Å². The van der Waals surface area contributed by atoms with Crippen molar-refractivity contribution in [2.75, 3.05) is 0 Å². The lowest BCUT2D eigenvalue weighted by Gasteiger charge is -2.24. The van der Waals surface area contributed by atoms with Gasteiger partial charge in [-0.25, -0.2) is 9.78 Å². The Bertz CT molecular complexity index is 965. The maximum absolute atomic E-state index is 12.6. The lowest BCUT2D eigenvalue weighted by Crippen LogP contribution is -2.39. The van der Waals surface area contributed by atoms with Gasteiger partial charge in [0.05, 0.1) is 11.4 Å². The molecule has 25 heavy (non-hydrogen) atoms. The smallest absolute Gasteiger partial charge is 0.264 e. The number of hydrogen-bond acceptors (Lipinski definition) is 6. The second-order valence-corrected chi connectivity index (χ2v) is 5.92. The summed E-state index contributed by atoms with van der Waals surface area (Å²) in [5, 5.41) is 20.5. The van der Waals surface area contributed by atoms with E-state index in [0.29, 0.717) is 17.7 Å². The Morgan fingerprint density at radius 1 is 1.32 bits per heavy atom. The van der Waals surface area contributed by atoms with Crippen molar-refractivity contribution >= 4 is 5.91 Å². The maximum atomic E-state index is 12.6. The number of fused-ring (bicyclic) bond motifs is 1. The number of tetrazole rings is 1. The normalized spacial score (nSPS) is 16.2. The summed E-state index contributed by atoms with van der Waals surface area (Å²) in [7, 11) is 0. The molecule has 3 aromatic rings. The van der Waals surface area contributed by atoms with E-state index in [-0.39, 0.29) is 17.5 Å². The summed E-state index contributed by atoms with van der Waals surface area (Å²) in [6.45, 7) is 0. The van der Waals surface area contributed by atoms with Gasteiger partial charge in [0.2, 0.25) is 0 Å². The molecule has 0 aliphatic heterocycles. The molecule has 126 valence electrons. The Morgan fingerprint density at radius 2 is 2.24 bits per heavy atom. The quantitative estimate of drug-likeness (QED) is 0.696. The fourth-order valence-electron chi connectivity index (χ4n) is 3.00. The van der Waals surface area contributed by atoms with E-state index in [1.165, 1.54) is 11.0 Å². The van der Waals surface area contributed by atoms with Gasteiger partial charge in [-0.3, -0.25) is 9.59 Å². The number of aromatic nitrogens is 6. The third-order valence-corrected chi connectivity index (χ3v) is 4.23. The molecule has 4 rings (SSSR count). The molecule has 2 heterocycles. The van der Waals surface area contributed by atoms with E-state index in [9.17, 15) is 9.59 Å². The highest BCUT2D eigenvalue weighted by Gasteiger charge is 2.22. The van der Waals surface area contributed by atoms with Gasteiger partial charge in [-0.2, -0.15) is 5.10 Å². The third kappa shape index (κ3) is 3.16. The molecule has 0 saturated carbocycles. The number of aromatic amines is 1. The standard InChI is InChI=1S/C16H15N7O2/c24-15-8-11-6-12(4-5-14(11)19-20-15)18-16(25)10-2-1-3-13(7-10)23-9-17-21-22-23/h1-3,7-9,12H,4-6H2,(H,18,25)(H,20,24). The predicted molar refractivity (Wildman–Crippen MR) is 87.3 cm³/mol. The minimum Gasteiger partial charge on any atom is -0.349 e. The Morgan fingerprint density at radius 3 is 3.08 bits per heavy atom. The van der Waals surface area contributed by atoms with Crippen LogP contribution in [0.4, 0.5) is 0 Å². The Labute approximate surface area is 142 Å². The molecule has 1 aliphatic carbocycles. The highest BCUT2D eigenvalue weighted by molar-refractivity contribution is 5.94. The van der Waals surface area contributed by atoms with Gasteiger partial charge in [-0.05, 0) is 53.5 Å². The second kappa shape index (κ2) is 6.27. The van der Waals surface area contributed by atoms with Crippen LogP contribution in [-0.2, 0) is 12.8 Å². The average molecular weight is 337 g/mol. The molecule has 9 heteroatoms. The fourth-order valence-corrected chi connectivity index (χ4v) is 3.00. The zero-order valence-corrected chi connectivity index (χ0v) is 13.2. The van der Waals surface area contributed by atoms with Gasteiger partial charge in [0.15, 0.2) is 0 Å². The summed E-state index contributed by atoms with van der Waals surface area (Å²) >= 11 is 0. The number of benzene rings is 1. The van der Waals surface area contributed by atoms with Gasteiger partial charge in [0.25, 0.3) is 11.5 Å². The van der Waals surface area contributed by atoms with E-state index in [1.807, 2.05) is 6.07 Å². The van der Waals surface area contributed by atoms with Crippen LogP contribution in [-0.4, -0.2) is 42.4 Å². The molecule has 1 aromatic carbocycles. The van der Waals surface area contributed by atoms with Crippen molar-refractivity contribution < 1.29 is 4.79 Å². The summed E-state index contributed by atoms with van der Waals surface area (Å²) in [5.41, 5.74) is 2.80. The zero-order chi connectivity index (χ0) is 17.2. The topological polar surface area (TPSA) is 118 Å². The van der Waals surface area contributed by atoms with Gasteiger partial charge < -0.3 is 5.32 Å². The molecule has 0 spiro atoms. The van der Waals surface area contributed by atoms with Crippen LogP contribution in [0.3, 0.4) is 0 Å². The van der Waals surface area contributed by atoms with Gasteiger partial charge in [-0.15, -0.1) is 5.10 Å². The molecule has 1 atom stereocenters. The van der Waals surface area contributed by atoms with Crippen molar-refractivity contribution in [3.8, 4) is 5.69 Å². The van der Waals surface area contributed by atoms with Gasteiger partial charge >= 0.3 is 0 Å². The van der Waals surface area contributed by atoms with Crippen molar-refractivity contribution in [2.45, 2.75) is 25.3 Å². The number of carbonyl (C=O) groups excluding carboxylic acids is 1. The monoisotopic (exact) mass is 337 g/mol. The number of hydrogen-bond donors (Lipinski definition) is 2. The van der Waals surface area contributed by atoms with Crippen molar-refractivity contribution in [1.29, 1.82) is 0 Å². The average Bonchev–Trinajstić information content (AvgIpc) is 3.16. The van der Waals surface area contributed by atoms with E-state index in [2.05, 4.69) is 31.0 Å². The number of amides is 1. The number of rotatable bonds is 3. The summed E-state index contributed by atoms with van der Waals surface area (Å²) in [5.74, 6) is -0.166. The molecular formula is C16H15N7O2. The minimum absolute atomic E-state index is 0.0275. The lowest BCUT2D eigenvalue weighted by molar-refractivity contribution is 0.0933.